The number of piperidine rings is 1. The van der Waals surface area contributed by atoms with E-state index < -0.39 is 10.0 Å². The van der Waals surface area contributed by atoms with Crippen molar-refractivity contribution < 1.29 is 8.42 Å². The maximum absolute atomic E-state index is 12.7. The second-order valence-electron chi connectivity index (χ2n) is 5.54. The molecule has 0 radical (unpaired) electrons. The van der Waals surface area contributed by atoms with Gasteiger partial charge in [-0.25, -0.2) is 8.42 Å². The molecular weight excluding hydrogens is 280 g/mol. The number of nitrogens with zero attached hydrogens (tertiary/aromatic N) is 1. The SMILES string of the molecule is Cc1cc(S(=O)(=O)N2CCC3NCCC3C2)c(C)s1. The zero-order valence-electron chi connectivity index (χ0n) is 11.3. The Kier molecular flexibility index (Phi) is 3.45. The fraction of sp³-hybridized carbons (Fsp3) is 0.692. The summed E-state index contributed by atoms with van der Waals surface area (Å²) >= 11 is 1.56. The van der Waals surface area contributed by atoms with Crippen molar-refractivity contribution in [2.45, 2.75) is 37.6 Å². The van der Waals surface area contributed by atoms with Gasteiger partial charge in [0.2, 0.25) is 10.0 Å². The van der Waals surface area contributed by atoms with E-state index in [2.05, 4.69) is 5.32 Å². The van der Waals surface area contributed by atoms with E-state index in [1.807, 2.05) is 19.9 Å². The highest BCUT2D eigenvalue weighted by Gasteiger charge is 2.38. The number of fused-ring (bicyclic) bond motifs is 1. The Morgan fingerprint density at radius 2 is 2.16 bits per heavy atom. The summed E-state index contributed by atoms with van der Waals surface area (Å²) in [6.45, 7) is 6.21. The Morgan fingerprint density at radius 3 is 2.84 bits per heavy atom. The number of rotatable bonds is 2. The van der Waals surface area contributed by atoms with E-state index in [1.165, 1.54) is 0 Å². The molecule has 2 aliphatic rings. The molecule has 0 saturated carbocycles. The summed E-state index contributed by atoms with van der Waals surface area (Å²) in [5, 5.41) is 3.47. The zero-order chi connectivity index (χ0) is 13.6. The quantitative estimate of drug-likeness (QED) is 0.905. The average Bonchev–Trinajstić information content (AvgIpc) is 2.94. The minimum atomic E-state index is -3.29. The van der Waals surface area contributed by atoms with Crippen molar-refractivity contribution in [3.8, 4) is 0 Å². The van der Waals surface area contributed by atoms with E-state index in [4.69, 9.17) is 0 Å². The number of nitrogens with one attached hydrogen (secondary N) is 1. The third-order valence-electron chi connectivity index (χ3n) is 4.23. The molecule has 3 rings (SSSR count). The molecule has 2 saturated heterocycles. The molecule has 0 bridgehead atoms. The van der Waals surface area contributed by atoms with E-state index in [0.717, 1.165) is 29.1 Å². The molecule has 6 heteroatoms. The zero-order valence-corrected chi connectivity index (χ0v) is 13.0. The second-order valence-corrected chi connectivity index (χ2v) is 8.91. The van der Waals surface area contributed by atoms with Crippen LogP contribution in [0, 0.1) is 19.8 Å². The van der Waals surface area contributed by atoms with E-state index >= 15 is 0 Å². The molecule has 106 valence electrons. The Labute approximate surface area is 118 Å². The van der Waals surface area contributed by atoms with Crippen LogP contribution in [0.5, 0.6) is 0 Å². The number of hydrogen-bond donors (Lipinski definition) is 1. The first-order chi connectivity index (χ1) is 8.98. The van der Waals surface area contributed by atoms with Gasteiger partial charge in [-0.15, -0.1) is 11.3 Å². The van der Waals surface area contributed by atoms with Gasteiger partial charge >= 0.3 is 0 Å². The van der Waals surface area contributed by atoms with Crippen molar-refractivity contribution in [3.05, 3.63) is 15.8 Å². The topological polar surface area (TPSA) is 49.4 Å². The minimum Gasteiger partial charge on any atom is -0.314 e. The van der Waals surface area contributed by atoms with Gasteiger partial charge in [0.05, 0.1) is 4.90 Å². The molecular formula is C13H20N2O2S2. The Morgan fingerprint density at radius 1 is 1.37 bits per heavy atom. The number of hydrogen-bond acceptors (Lipinski definition) is 4. The van der Waals surface area contributed by atoms with Crippen LogP contribution in [-0.4, -0.2) is 38.4 Å². The smallest absolute Gasteiger partial charge is 0.244 e. The van der Waals surface area contributed by atoms with Gasteiger partial charge in [-0.1, -0.05) is 0 Å². The van der Waals surface area contributed by atoms with Crippen molar-refractivity contribution in [2.24, 2.45) is 5.92 Å². The molecule has 4 nitrogen and oxygen atoms in total. The van der Waals surface area contributed by atoms with Crippen LogP contribution in [0.25, 0.3) is 0 Å². The van der Waals surface area contributed by atoms with Crippen LogP contribution in [0.3, 0.4) is 0 Å². The maximum Gasteiger partial charge on any atom is 0.244 e. The fourth-order valence-corrected chi connectivity index (χ4v) is 6.27. The highest BCUT2D eigenvalue weighted by molar-refractivity contribution is 7.89. The first-order valence-electron chi connectivity index (χ1n) is 6.79. The minimum absolute atomic E-state index is 0.489. The third kappa shape index (κ3) is 2.35. The molecule has 2 atom stereocenters. The van der Waals surface area contributed by atoms with Gasteiger partial charge in [-0.2, -0.15) is 4.31 Å². The van der Waals surface area contributed by atoms with E-state index in [1.54, 1.807) is 15.6 Å². The Bertz CT molecular complexity index is 579. The van der Waals surface area contributed by atoms with Gasteiger partial charge in [0.25, 0.3) is 0 Å². The van der Waals surface area contributed by atoms with Gasteiger partial charge in [0, 0.05) is 28.9 Å². The Hall–Kier alpha value is -0.430. The normalized spacial score (nSPS) is 28.5. The lowest BCUT2D eigenvalue weighted by Crippen LogP contribution is -2.46. The van der Waals surface area contributed by atoms with Crippen LogP contribution in [0.4, 0.5) is 0 Å². The van der Waals surface area contributed by atoms with Crippen molar-refractivity contribution >= 4 is 21.4 Å². The van der Waals surface area contributed by atoms with Gasteiger partial charge in [-0.05, 0) is 45.2 Å². The van der Waals surface area contributed by atoms with Crippen LogP contribution < -0.4 is 5.32 Å². The summed E-state index contributed by atoms with van der Waals surface area (Å²) in [4.78, 5) is 2.48. The highest BCUT2D eigenvalue weighted by atomic mass is 32.2. The third-order valence-corrected chi connectivity index (χ3v) is 7.32. The molecule has 1 N–H and O–H groups in total. The predicted molar refractivity (Wildman–Crippen MR) is 77.1 cm³/mol. The highest BCUT2D eigenvalue weighted by Crippen LogP contribution is 2.32. The molecule has 0 amide bonds. The van der Waals surface area contributed by atoms with Crippen LogP contribution >= 0.6 is 11.3 Å². The molecule has 0 aromatic carbocycles. The lowest BCUT2D eigenvalue weighted by molar-refractivity contribution is 0.247. The van der Waals surface area contributed by atoms with Crippen LogP contribution in [0.2, 0.25) is 0 Å². The van der Waals surface area contributed by atoms with Crippen molar-refractivity contribution in [3.63, 3.8) is 0 Å². The number of thiophene rings is 1. The Balaban J connectivity index is 1.87. The molecule has 1 aromatic heterocycles. The molecule has 3 heterocycles. The molecule has 2 aliphatic heterocycles. The standard InChI is InChI=1S/C13H20N2O2S2/c1-9-7-13(10(2)18-9)19(16,17)15-6-4-12-11(8-15)3-5-14-12/h7,11-12,14H,3-6,8H2,1-2H3. The van der Waals surface area contributed by atoms with E-state index in [-0.39, 0.29) is 0 Å². The monoisotopic (exact) mass is 300 g/mol. The van der Waals surface area contributed by atoms with Crippen molar-refractivity contribution in [1.29, 1.82) is 0 Å². The molecule has 0 aliphatic carbocycles. The predicted octanol–water partition coefficient (Wildman–Crippen LogP) is 1.74. The molecule has 1 aromatic rings. The average molecular weight is 300 g/mol. The first kappa shape index (κ1) is 13.5. The van der Waals surface area contributed by atoms with Crippen LogP contribution in [0.15, 0.2) is 11.0 Å². The summed E-state index contributed by atoms with van der Waals surface area (Å²) in [5.74, 6) is 0.489. The maximum atomic E-state index is 12.7. The van der Waals surface area contributed by atoms with E-state index in [9.17, 15) is 8.42 Å². The molecule has 2 unspecified atom stereocenters. The summed E-state index contributed by atoms with van der Waals surface area (Å²) in [5.41, 5.74) is 0. The lowest BCUT2D eigenvalue weighted by atomic mass is 9.95. The van der Waals surface area contributed by atoms with Gasteiger partial charge in [0.15, 0.2) is 0 Å². The van der Waals surface area contributed by atoms with Gasteiger partial charge in [0.1, 0.15) is 0 Å². The van der Waals surface area contributed by atoms with Crippen molar-refractivity contribution in [1.82, 2.24) is 9.62 Å². The van der Waals surface area contributed by atoms with Crippen LogP contribution in [0.1, 0.15) is 22.6 Å². The lowest BCUT2D eigenvalue weighted by Gasteiger charge is -2.33. The summed E-state index contributed by atoms with van der Waals surface area (Å²) < 4.78 is 27.1. The number of aryl methyl sites for hydroxylation is 2. The van der Waals surface area contributed by atoms with Gasteiger partial charge < -0.3 is 5.32 Å². The molecule has 2 fully saturated rings. The van der Waals surface area contributed by atoms with Gasteiger partial charge in [-0.3, -0.25) is 0 Å². The fourth-order valence-electron chi connectivity index (χ4n) is 3.24. The number of sulfonamides is 1. The largest absolute Gasteiger partial charge is 0.314 e. The second kappa shape index (κ2) is 4.84. The molecule has 19 heavy (non-hydrogen) atoms. The van der Waals surface area contributed by atoms with Crippen LogP contribution in [-0.2, 0) is 10.0 Å². The summed E-state index contributed by atoms with van der Waals surface area (Å²) in [6, 6.07) is 2.34. The summed E-state index contributed by atoms with van der Waals surface area (Å²) in [7, 11) is -3.29. The summed E-state index contributed by atoms with van der Waals surface area (Å²) in [6.07, 6.45) is 2.03. The van der Waals surface area contributed by atoms with E-state index in [0.29, 0.717) is 29.9 Å². The molecule has 0 spiro atoms. The first-order valence-corrected chi connectivity index (χ1v) is 9.04. The van der Waals surface area contributed by atoms with Crippen molar-refractivity contribution in [2.75, 3.05) is 19.6 Å².